The van der Waals surface area contributed by atoms with Crippen LogP contribution in [0.1, 0.15) is 22.3 Å². The third-order valence-corrected chi connectivity index (χ3v) is 4.50. The predicted molar refractivity (Wildman–Crippen MR) is 98.9 cm³/mol. The summed E-state index contributed by atoms with van der Waals surface area (Å²) < 4.78 is 62.9. The van der Waals surface area contributed by atoms with Gasteiger partial charge in [0, 0.05) is 12.0 Å². The molecular weight excluding hydrogens is 408 g/mol. The Kier molecular flexibility index (Phi) is 6.25. The van der Waals surface area contributed by atoms with Gasteiger partial charge in [-0.15, -0.1) is 0 Å². The van der Waals surface area contributed by atoms with Crippen molar-refractivity contribution in [3.05, 3.63) is 59.7 Å². The Morgan fingerprint density at radius 3 is 2.23 bits per heavy atom. The molecule has 1 atom stereocenters. The molecule has 0 saturated heterocycles. The molecule has 6 nitrogen and oxygen atoms in total. The Balaban J connectivity index is 1.70. The zero-order valence-electron chi connectivity index (χ0n) is 15.8. The molecule has 0 bridgehead atoms. The highest BCUT2D eigenvalue weighted by molar-refractivity contribution is 5.99. The summed E-state index contributed by atoms with van der Waals surface area (Å²) in [5, 5.41) is 13.3. The van der Waals surface area contributed by atoms with Crippen LogP contribution in [0.25, 0.3) is 0 Å². The van der Waals surface area contributed by atoms with Gasteiger partial charge in [-0.05, 0) is 42.0 Å². The first-order valence-corrected chi connectivity index (χ1v) is 8.81. The van der Waals surface area contributed by atoms with Crippen molar-refractivity contribution in [1.82, 2.24) is 5.01 Å². The van der Waals surface area contributed by atoms with E-state index in [-0.39, 0.29) is 17.2 Å². The maximum absolute atomic E-state index is 13.3. The molecule has 0 spiro atoms. The standard InChI is InChI=1S/C20H18F4N2O4/c1-29-14-6-8-15(9-7-14)30-11-12-2-4-13(5-3-12)18(27)26-20(28,19(23)24)10-16(25-26)17(21)22/h2-9,17,19,28H,10-11H2,1H3/t20-/m0/s1. The molecule has 2 aromatic rings. The van der Waals surface area contributed by atoms with Crippen LogP contribution in [0.5, 0.6) is 11.5 Å². The quantitative estimate of drug-likeness (QED) is 0.686. The fourth-order valence-electron chi connectivity index (χ4n) is 2.81. The number of hydrazone groups is 1. The van der Waals surface area contributed by atoms with Crippen molar-refractivity contribution in [3.63, 3.8) is 0 Å². The van der Waals surface area contributed by atoms with E-state index in [2.05, 4.69) is 5.10 Å². The lowest BCUT2D eigenvalue weighted by Gasteiger charge is -2.30. The summed E-state index contributed by atoms with van der Waals surface area (Å²) in [6, 6.07) is 12.6. The highest BCUT2D eigenvalue weighted by atomic mass is 19.3. The number of rotatable bonds is 7. The van der Waals surface area contributed by atoms with Gasteiger partial charge in [0.15, 0.2) is 0 Å². The number of carbonyl (C=O) groups is 1. The van der Waals surface area contributed by atoms with Crippen LogP contribution in [-0.4, -0.2) is 47.4 Å². The van der Waals surface area contributed by atoms with Crippen LogP contribution < -0.4 is 9.47 Å². The third-order valence-electron chi connectivity index (χ3n) is 4.50. The van der Waals surface area contributed by atoms with E-state index in [4.69, 9.17) is 9.47 Å². The van der Waals surface area contributed by atoms with Crippen LogP contribution in [0.15, 0.2) is 53.6 Å². The molecule has 1 N–H and O–H groups in total. The number of methoxy groups -OCH3 is 1. The van der Waals surface area contributed by atoms with Gasteiger partial charge in [0.25, 0.3) is 18.8 Å². The average Bonchev–Trinajstić information content (AvgIpc) is 3.12. The zero-order valence-corrected chi connectivity index (χ0v) is 15.8. The number of aliphatic hydroxyl groups is 1. The van der Waals surface area contributed by atoms with Gasteiger partial charge in [0.1, 0.15) is 23.8 Å². The van der Waals surface area contributed by atoms with Gasteiger partial charge in [-0.3, -0.25) is 4.79 Å². The summed E-state index contributed by atoms with van der Waals surface area (Å²) in [6.07, 6.45) is -7.76. The number of ether oxygens (including phenoxy) is 2. The van der Waals surface area contributed by atoms with Crippen molar-refractivity contribution in [3.8, 4) is 11.5 Å². The SMILES string of the molecule is COc1ccc(OCc2ccc(C(=O)N3N=C(C(F)F)C[C@]3(O)C(F)F)cc2)cc1. The maximum atomic E-state index is 13.3. The van der Waals surface area contributed by atoms with Gasteiger partial charge in [-0.1, -0.05) is 12.1 Å². The number of hydrogen-bond donors (Lipinski definition) is 1. The second-order valence-electron chi connectivity index (χ2n) is 6.53. The maximum Gasteiger partial charge on any atom is 0.287 e. The molecule has 160 valence electrons. The van der Waals surface area contributed by atoms with Crippen molar-refractivity contribution in [1.29, 1.82) is 0 Å². The topological polar surface area (TPSA) is 71.4 Å². The molecule has 1 aliphatic heterocycles. The monoisotopic (exact) mass is 426 g/mol. The minimum Gasteiger partial charge on any atom is -0.497 e. The zero-order chi connectivity index (χ0) is 21.9. The Morgan fingerprint density at radius 1 is 1.10 bits per heavy atom. The first kappa shape index (κ1) is 21.6. The first-order chi connectivity index (χ1) is 14.2. The molecule has 2 aromatic carbocycles. The Bertz CT molecular complexity index is 919. The molecule has 1 aliphatic rings. The predicted octanol–water partition coefficient (Wildman–Crippen LogP) is 3.69. The van der Waals surface area contributed by atoms with Crippen LogP contribution in [0.4, 0.5) is 17.6 Å². The van der Waals surface area contributed by atoms with Crippen LogP contribution >= 0.6 is 0 Å². The highest BCUT2D eigenvalue weighted by Gasteiger charge is 2.53. The lowest BCUT2D eigenvalue weighted by atomic mass is 10.1. The third kappa shape index (κ3) is 4.38. The molecule has 0 unspecified atom stereocenters. The van der Waals surface area contributed by atoms with E-state index in [0.717, 1.165) is 0 Å². The van der Waals surface area contributed by atoms with E-state index in [1.165, 1.54) is 24.3 Å². The summed E-state index contributed by atoms with van der Waals surface area (Å²) in [5.41, 5.74) is -3.51. The fraction of sp³-hybridized carbons (Fsp3) is 0.300. The lowest BCUT2D eigenvalue weighted by Crippen LogP contribution is -2.51. The fourth-order valence-corrected chi connectivity index (χ4v) is 2.81. The van der Waals surface area contributed by atoms with E-state index in [1.54, 1.807) is 31.4 Å². The summed E-state index contributed by atoms with van der Waals surface area (Å²) in [4.78, 5) is 12.5. The average molecular weight is 426 g/mol. The highest BCUT2D eigenvalue weighted by Crippen LogP contribution is 2.34. The van der Waals surface area contributed by atoms with Gasteiger partial charge < -0.3 is 14.6 Å². The van der Waals surface area contributed by atoms with Gasteiger partial charge in [0.05, 0.1) is 7.11 Å². The van der Waals surface area contributed by atoms with E-state index in [1.807, 2.05) is 0 Å². The van der Waals surface area contributed by atoms with E-state index in [0.29, 0.717) is 17.1 Å². The first-order valence-electron chi connectivity index (χ1n) is 8.81. The number of carbonyl (C=O) groups excluding carboxylic acids is 1. The summed E-state index contributed by atoms with van der Waals surface area (Å²) >= 11 is 0. The molecule has 0 radical (unpaired) electrons. The van der Waals surface area contributed by atoms with Gasteiger partial charge in [-0.2, -0.15) is 10.1 Å². The number of nitrogens with zero attached hydrogens (tertiary/aromatic N) is 2. The van der Waals surface area contributed by atoms with Gasteiger partial charge in [0.2, 0.25) is 5.72 Å². The van der Waals surface area contributed by atoms with Crippen molar-refractivity contribution in [2.45, 2.75) is 31.6 Å². The summed E-state index contributed by atoms with van der Waals surface area (Å²) in [7, 11) is 1.54. The van der Waals surface area contributed by atoms with Gasteiger partial charge in [-0.25, -0.2) is 17.6 Å². The number of hydrogen-bond acceptors (Lipinski definition) is 5. The van der Waals surface area contributed by atoms with Crippen molar-refractivity contribution in [2.75, 3.05) is 7.11 Å². The number of alkyl halides is 4. The van der Waals surface area contributed by atoms with Crippen molar-refractivity contribution >= 4 is 11.6 Å². The van der Waals surface area contributed by atoms with E-state index >= 15 is 0 Å². The van der Waals surface area contributed by atoms with E-state index < -0.39 is 36.6 Å². The molecule has 1 amide bonds. The molecular formula is C20H18F4N2O4. The molecule has 30 heavy (non-hydrogen) atoms. The molecule has 10 heteroatoms. The smallest absolute Gasteiger partial charge is 0.287 e. The second kappa shape index (κ2) is 8.70. The van der Waals surface area contributed by atoms with Crippen molar-refractivity contribution < 1.29 is 36.9 Å². The van der Waals surface area contributed by atoms with Crippen molar-refractivity contribution in [2.24, 2.45) is 5.10 Å². The second-order valence-corrected chi connectivity index (χ2v) is 6.53. The molecule has 0 aromatic heterocycles. The largest absolute Gasteiger partial charge is 0.497 e. The molecule has 0 fully saturated rings. The minimum absolute atomic E-state index is 0.0298. The Labute approximate surface area is 169 Å². The van der Waals surface area contributed by atoms with Crippen LogP contribution in [0, 0.1) is 0 Å². The Hall–Kier alpha value is -3.14. The lowest BCUT2D eigenvalue weighted by molar-refractivity contribution is -0.164. The normalized spacial score (nSPS) is 18.7. The number of benzene rings is 2. The number of halogens is 4. The Morgan fingerprint density at radius 2 is 1.70 bits per heavy atom. The van der Waals surface area contributed by atoms with Crippen LogP contribution in [-0.2, 0) is 6.61 Å². The molecule has 1 heterocycles. The van der Waals surface area contributed by atoms with Gasteiger partial charge >= 0.3 is 0 Å². The van der Waals surface area contributed by atoms with E-state index in [9.17, 15) is 27.5 Å². The summed E-state index contributed by atoms with van der Waals surface area (Å²) in [6.45, 7) is 0.166. The molecule has 0 saturated carbocycles. The molecule has 3 rings (SSSR count). The molecule has 0 aliphatic carbocycles. The van der Waals surface area contributed by atoms with Crippen LogP contribution in [0.2, 0.25) is 0 Å². The number of amides is 1. The van der Waals surface area contributed by atoms with Crippen LogP contribution in [0.3, 0.4) is 0 Å². The summed E-state index contributed by atoms with van der Waals surface area (Å²) in [5.74, 6) is 0.147. The minimum atomic E-state index is -3.47.